The van der Waals surface area contributed by atoms with Crippen molar-refractivity contribution in [2.75, 3.05) is 7.11 Å². The van der Waals surface area contributed by atoms with Gasteiger partial charge >= 0.3 is 0 Å². The first kappa shape index (κ1) is 10.8. The fourth-order valence-corrected chi connectivity index (χ4v) is 1.57. The van der Waals surface area contributed by atoms with Crippen LogP contribution in [0, 0.1) is 5.92 Å². The minimum atomic E-state index is 0.590. The van der Waals surface area contributed by atoms with Gasteiger partial charge in [0, 0.05) is 0 Å². The topological polar surface area (TPSA) is 9.23 Å². The summed E-state index contributed by atoms with van der Waals surface area (Å²) < 4.78 is 5.18. The van der Waals surface area contributed by atoms with Crippen LogP contribution in [0.4, 0.5) is 0 Å². The molecule has 0 amide bonds. The Balaban J connectivity index is 2.66. The largest absolute Gasteiger partial charge is 0.497 e. The third-order valence-corrected chi connectivity index (χ3v) is 2.21. The Kier molecular flexibility index (Phi) is 4.24. The molecule has 1 atom stereocenters. The van der Waals surface area contributed by atoms with E-state index in [9.17, 15) is 0 Å². The van der Waals surface area contributed by atoms with Gasteiger partial charge in [-0.05, 0) is 37.0 Å². The van der Waals surface area contributed by atoms with E-state index in [4.69, 9.17) is 4.74 Å². The van der Waals surface area contributed by atoms with Gasteiger partial charge < -0.3 is 4.74 Å². The Morgan fingerprint density at radius 1 is 1.43 bits per heavy atom. The van der Waals surface area contributed by atoms with E-state index in [0.717, 1.165) is 12.2 Å². The number of benzene rings is 1. The number of rotatable bonds is 4. The number of hydrogen-bond donors (Lipinski definition) is 0. The van der Waals surface area contributed by atoms with Gasteiger partial charge in [-0.25, -0.2) is 0 Å². The summed E-state index contributed by atoms with van der Waals surface area (Å²) in [5.41, 5.74) is 1.33. The van der Waals surface area contributed by atoms with Crippen molar-refractivity contribution in [3.63, 3.8) is 0 Å². The molecule has 0 heterocycles. The third kappa shape index (κ3) is 3.25. The highest BCUT2D eigenvalue weighted by molar-refractivity contribution is 5.28. The standard InChI is InChI=1S/C13H18O/c1-4-6-11(2)9-12-7-5-8-13(10-12)14-3/h4-8,10-11H,9H2,1-3H3/b6-4-. The number of methoxy groups -OCH3 is 1. The molecule has 0 aliphatic heterocycles. The van der Waals surface area contributed by atoms with Crippen molar-refractivity contribution >= 4 is 0 Å². The molecule has 0 spiro atoms. The molecule has 1 aromatic carbocycles. The van der Waals surface area contributed by atoms with Crippen molar-refractivity contribution in [3.05, 3.63) is 42.0 Å². The van der Waals surface area contributed by atoms with Crippen molar-refractivity contribution in [1.29, 1.82) is 0 Å². The molecule has 0 radical (unpaired) electrons. The Bertz CT molecular complexity index is 302. The van der Waals surface area contributed by atoms with Gasteiger partial charge in [0.25, 0.3) is 0 Å². The molecule has 0 bridgehead atoms. The van der Waals surface area contributed by atoms with Crippen LogP contribution < -0.4 is 4.74 Å². The van der Waals surface area contributed by atoms with E-state index < -0.39 is 0 Å². The van der Waals surface area contributed by atoms with Gasteiger partial charge in [-0.3, -0.25) is 0 Å². The van der Waals surface area contributed by atoms with Gasteiger partial charge in [-0.2, -0.15) is 0 Å². The maximum atomic E-state index is 5.18. The zero-order chi connectivity index (χ0) is 10.4. The maximum Gasteiger partial charge on any atom is 0.119 e. The molecule has 0 saturated carbocycles. The van der Waals surface area contributed by atoms with Gasteiger partial charge in [0.15, 0.2) is 0 Å². The molecule has 1 aromatic rings. The first-order valence-electron chi connectivity index (χ1n) is 5.02. The summed E-state index contributed by atoms with van der Waals surface area (Å²) in [6, 6.07) is 8.25. The Morgan fingerprint density at radius 2 is 2.21 bits per heavy atom. The lowest BCUT2D eigenvalue weighted by Crippen LogP contribution is -1.96. The fraction of sp³-hybridized carbons (Fsp3) is 0.385. The Hall–Kier alpha value is -1.24. The summed E-state index contributed by atoms with van der Waals surface area (Å²) in [7, 11) is 1.70. The Morgan fingerprint density at radius 3 is 2.86 bits per heavy atom. The zero-order valence-corrected chi connectivity index (χ0v) is 9.16. The summed E-state index contributed by atoms with van der Waals surface area (Å²) in [5, 5.41) is 0. The second kappa shape index (κ2) is 5.48. The van der Waals surface area contributed by atoms with Crippen LogP contribution in [0.15, 0.2) is 36.4 Å². The molecule has 0 aliphatic rings. The molecule has 1 heteroatoms. The minimum absolute atomic E-state index is 0.590. The van der Waals surface area contributed by atoms with E-state index >= 15 is 0 Å². The van der Waals surface area contributed by atoms with E-state index in [1.807, 2.05) is 12.1 Å². The predicted octanol–water partition coefficient (Wildman–Crippen LogP) is 3.45. The SMILES string of the molecule is C/C=C\C(C)Cc1cccc(OC)c1. The molecule has 0 N–H and O–H groups in total. The Labute approximate surface area is 86.4 Å². The van der Waals surface area contributed by atoms with E-state index in [0.29, 0.717) is 5.92 Å². The normalized spacial score (nSPS) is 13.1. The van der Waals surface area contributed by atoms with Crippen LogP contribution in [0.3, 0.4) is 0 Å². The predicted molar refractivity (Wildman–Crippen MR) is 60.7 cm³/mol. The minimum Gasteiger partial charge on any atom is -0.497 e. The molecule has 0 aromatic heterocycles. The van der Waals surface area contributed by atoms with E-state index in [1.165, 1.54) is 5.56 Å². The molecular formula is C13H18O. The fourth-order valence-electron chi connectivity index (χ4n) is 1.57. The number of ether oxygens (including phenoxy) is 1. The van der Waals surface area contributed by atoms with Crippen LogP contribution in [0.25, 0.3) is 0 Å². The van der Waals surface area contributed by atoms with Crippen molar-refractivity contribution in [3.8, 4) is 5.75 Å². The van der Waals surface area contributed by atoms with Crippen LogP contribution in [0.5, 0.6) is 5.75 Å². The summed E-state index contributed by atoms with van der Waals surface area (Å²) >= 11 is 0. The van der Waals surface area contributed by atoms with Crippen molar-refractivity contribution in [2.24, 2.45) is 5.92 Å². The number of allylic oxidation sites excluding steroid dienone is 2. The van der Waals surface area contributed by atoms with Crippen LogP contribution in [0.2, 0.25) is 0 Å². The van der Waals surface area contributed by atoms with Gasteiger partial charge in [0.1, 0.15) is 5.75 Å². The molecule has 76 valence electrons. The summed E-state index contributed by atoms with van der Waals surface area (Å²) in [4.78, 5) is 0. The molecule has 0 saturated heterocycles. The van der Waals surface area contributed by atoms with E-state index in [2.05, 4.69) is 38.1 Å². The second-order valence-electron chi connectivity index (χ2n) is 3.56. The lowest BCUT2D eigenvalue weighted by Gasteiger charge is -2.07. The average Bonchev–Trinajstić information content (AvgIpc) is 2.18. The molecule has 0 aliphatic carbocycles. The highest BCUT2D eigenvalue weighted by atomic mass is 16.5. The highest BCUT2D eigenvalue weighted by Gasteiger charge is 2.00. The maximum absolute atomic E-state index is 5.18. The lowest BCUT2D eigenvalue weighted by atomic mass is 10.0. The third-order valence-electron chi connectivity index (χ3n) is 2.21. The first-order chi connectivity index (χ1) is 6.76. The van der Waals surface area contributed by atoms with E-state index in [1.54, 1.807) is 7.11 Å². The summed E-state index contributed by atoms with van der Waals surface area (Å²) in [5.74, 6) is 1.53. The van der Waals surface area contributed by atoms with Gasteiger partial charge in [0.05, 0.1) is 7.11 Å². The molecule has 0 fully saturated rings. The average molecular weight is 190 g/mol. The van der Waals surface area contributed by atoms with Crippen LogP contribution in [-0.2, 0) is 6.42 Å². The van der Waals surface area contributed by atoms with Crippen molar-refractivity contribution in [1.82, 2.24) is 0 Å². The van der Waals surface area contributed by atoms with Gasteiger partial charge in [-0.15, -0.1) is 0 Å². The second-order valence-corrected chi connectivity index (χ2v) is 3.56. The number of hydrogen-bond acceptors (Lipinski definition) is 1. The molecule has 1 unspecified atom stereocenters. The van der Waals surface area contributed by atoms with Gasteiger partial charge in [-0.1, -0.05) is 31.2 Å². The van der Waals surface area contributed by atoms with Gasteiger partial charge in [0.2, 0.25) is 0 Å². The van der Waals surface area contributed by atoms with Crippen LogP contribution in [0.1, 0.15) is 19.4 Å². The molecule has 14 heavy (non-hydrogen) atoms. The zero-order valence-electron chi connectivity index (χ0n) is 9.16. The molecule has 1 rings (SSSR count). The van der Waals surface area contributed by atoms with Crippen molar-refractivity contribution in [2.45, 2.75) is 20.3 Å². The first-order valence-corrected chi connectivity index (χ1v) is 5.02. The summed E-state index contributed by atoms with van der Waals surface area (Å²) in [6.45, 7) is 4.28. The van der Waals surface area contributed by atoms with Crippen molar-refractivity contribution < 1.29 is 4.74 Å². The highest BCUT2D eigenvalue weighted by Crippen LogP contribution is 2.16. The van der Waals surface area contributed by atoms with E-state index in [-0.39, 0.29) is 0 Å². The summed E-state index contributed by atoms with van der Waals surface area (Å²) in [6.07, 6.45) is 5.39. The smallest absolute Gasteiger partial charge is 0.119 e. The van der Waals surface area contributed by atoms with Crippen LogP contribution >= 0.6 is 0 Å². The quantitative estimate of drug-likeness (QED) is 0.661. The lowest BCUT2D eigenvalue weighted by molar-refractivity contribution is 0.414. The monoisotopic (exact) mass is 190 g/mol. The molecular weight excluding hydrogens is 172 g/mol. The van der Waals surface area contributed by atoms with Crippen LogP contribution in [-0.4, -0.2) is 7.11 Å². The molecule has 1 nitrogen and oxygen atoms in total.